The van der Waals surface area contributed by atoms with E-state index in [1.165, 1.54) is 5.56 Å². The molecule has 0 aromatic heterocycles. The molecule has 2 aromatic rings. The average Bonchev–Trinajstić information content (AvgIpc) is 2.39. The van der Waals surface area contributed by atoms with Gasteiger partial charge in [-0.05, 0) is 24.6 Å². The van der Waals surface area contributed by atoms with Crippen LogP contribution in [-0.4, -0.2) is 11.7 Å². The third-order valence-electron chi connectivity index (χ3n) is 2.78. The van der Waals surface area contributed by atoms with Gasteiger partial charge in [0.05, 0.1) is 12.6 Å². The summed E-state index contributed by atoms with van der Waals surface area (Å²) in [5.41, 5.74) is 3.35. The molecule has 0 fully saturated rings. The Morgan fingerprint density at radius 2 is 1.65 bits per heavy atom. The molecule has 0 aliphatic rings. The molecule has 1 atom stereocenters. The Bertz CT molecular complexity index is 450. The number of hydrogen-bond acceptors (Lipinski definition) is 2. The van der Waals surface area contributed by atoms with Crippen LogP contribution in [0.4, 0.5) is 5.69 Å². The fourth-order valence-electron chi connectivity index (χ4n) is 1.77. The molecule has 2 nitrogen and oxygen atoms in total. The number of aryl methyl sites for hydroxylation is 1. The van der Waals surface area contributed by atoms with Gasteiger partial charge in [-0.25, -0.2) is 0 Å². The first-order chi connectivity index (χ1) is 8.29. The van der Waals surface area contributed by atoms with Crippen molar-refractivity contribution < 1.29 is 5.11 Å². The summed E-state index contributed by atoms with van der Waals surface area (Å²) in [5, 5.41) is 12.8. The van der Waals surface area contributed by atoms with Crippen LogP contribution in [0.2, 0.25) is 0 Å². The van der Waals surface area contributed by atoms with Crippen LogP contribution in [0.3, 0.4) is 0 Å². The second-order valence-corrected chi connectivity index (χ2v) is 4.16. The predicted octanol–water partition coefficient (Wildman–Crippen LogP) is 3.14. The maximum absolute atomic E-state index is 9.43. The molecule has 0 heterocycles. The highest BCUT2D eigenvalue weighted by atomic mass is 16.3. The molecule has 0 aliphatic carbocycles. The molecule has 0 saturated heterocycles. The van der Waals surface area contributed by atoms with Gasteiger partial charge in [0, 0.05) is 5.69 Å². The molecule has 0 amide bonds. The van der Waals surface area contributed by atoms with E-state index in [0.717, 1.165) is 11.3 Å². The molecule has 2 N–H and O–H groups in total. The van der Waals surface area contributed by atoms with Gasteiger partial charge in [0.1, 0.15) is 0 Å². The van der Waals surface area contributed by atoms with Crippen molar-refractivity contribution in [1.82, 2.24) is 0 Å². The van der Waals surface area contributed by atoms with Crippen LogP contribution < -0.4 is 5.32 Å². The van der Waals surface area contributed by atoms with Crippen molar-refractivity contribution in [3.05, 3.63) is 65.7 Å². The van der Waals surface area contributed by atoms with Crippen LogP contribution in [0.5, 0.6) is 0 Å². The zero-order valence-corrected chi connectivity index (χ0v) is 9.93. The molecule has 2 rings (SSSR count). The number of hydrogen-bond donors (Lipinski definition) is 2. The summed E-state index contributed by atoms with van der Waals surface area (Å²) in [6.45, 7) is 2.14. The van der Waals surface area contributed by atoms with Crippen molar-refractivity contribution >= 4 is 5.69 Å². The Morgan fingerprint density at radius 3 is 2.24 bits per heavy atom. The largest absolute Gasteiger partial charge is 0.394 e. The Labute approximate surface area is 102 Å². The molecule has 88 valence electrons. The van der Waals surface area contributed by atoms with E-state index in [4.69, 9.17) is 0 Å². The summed E-state index contributed by atoms with van der Waals surface area (Å²) in [7, 11) is 0. The Balaban J connectivity index is 2.13. The van der Waals surface area contributed by atoms with Crippen molar-refractivity contribution in [2.75, 3.05) is 11.9 Å². The van der Waals surface area contributed by atoms with E-state index in [2.05, 4.69) is 24.4 Å². The summed E-state index contributed by atoms with van der Waals surface area (Å²) in [6, 6.07) is 18.1. The number of aliphatic hydroxyl groups is 1. The second-order valence-electron chi connectivity index (χ2n) is 4.16. The molecule has 0 radical (unpaired) electrons. The monoisotopic (exact) mass is 227 g/mol. The molecule has 0 aliphatic heterocycles. The highest BCUT2D eigenvalue weighted by Crippen LogP contribution is 2.19. The van der Waals surface area contributed by atoms with E-state index < -0.39 is 0 Å². The minimum atomic E-state index is -0.0566. The SMILES string of the molecule is Cc1ccc(NC(CO)c2ccccc2)cc1. The van der Waals surface area contributed by atoms with Crippen molar-refractivity contribution in [1.29, 1.82) is 0 Å². The molecule has 0 bridgehead atoms. The molecule has 2 aromatic carbocycles. The van der Waals surface area contributed by atoms with Gasteiger partial charge in [0.15, 0.2) is 0 Å². The van der Waals surface area contributed by atoms with E-state index in [0.29, 0.717) is 0 Å². The van der Waals surface area contributed by atoms with E-state index >= 15 is 0 Å². The zero-order chi connectivity index (χ0) is 12.1. The van der Waals surface area contributed by atoms with Gasteiger partial charge in [-0.1, -0.05) is 48.0 Å². The lowest BCUT2D eigenvalue weighted by Gasteiger charge is -2.18. The highest BCUT2D eigenvalue weighted by Gasteiger charge is 2.08. The fourth-order valence-corrected chi connectivity index (χ4v) is 1.77. The van der Waals surface area contributed by atoms with Gasteiger partial charge in [0.2, 0.25) is 0 Å². The second kappa shape index (κ2) is 5.51. The minimum absolute atomic E-state index is 0.0566. The lowest BCUT2D eigenvalue weighted by Crippen LogP contribution is -2.14. The third-order valence-corrected chi connectivity index (χ3v) is 2.78. The van der Waals surface area contributed by atoms with Crippen LogP contribution in [0.15, 0.2) is 54.6 Å². The van der Waals surface area contributed by atoms with Crippen molar-refractivity contribution in [3.8, 4) is 0 Å². The van der Waals surface area contributed by atoms with Gasteiger partial charge in [0.25, 0.3) is 0 Å². The molecular formula is C15H17NO. The van der Waals surface area contributed by atoms with Crippen LogP contribution in [0, 0.1) is 6.92 Å². The van der Waals surface area contributed by atoms with Crippen LogP contribution >= 0.6 is 0 Å². The highest BCUT2D eigenvalue weighted by molar-refractivity contribution is 5.46. The Hall–Kier alpha value is -1.80. The van der Waals surface area contributed by atoms with Crippen molar-refractivity contribution in [2.45, 2.75) is 13.0 Å². The standard InChI is InChI=1S/C15H17NO/c1-12-7-9-14(10-8-12)16-15(11-17)13-5-3-2-4-6-13/h2-10,15-17H,11H2,1H3. The van der Waals surface area contributed by atoms with E-state index in [9.17, 15) is 5.11 Å². The van der Waals surface area contributed by atoms with Crippen LogP contribution in [-0.2, 0) is 0 Å². The normalized spacial score (nSPS) is 12.1. The van der Waals surface area contributed by atoms with Gasteiger partial charge in [-0.15, -0.1) is 0 Å². The number of aliphatic hydroxyl groups excluding tert-OH is 1. The zero-order valence-electron chi connectivity index (χ0n) is 9.93. The van der Waals surface area contributed by atoms with E-state index in [1.54, 1.807) is 0 Å². The summed E-state index contributed by atoms with van der Waals surface area (Å²) in [4.78, 5) is 0. The van der Waals surface area contributed by atoms with Crippen molar-refractivity contribution in [3.63, 3.8) is 0 Å². The fraction of sp³-hybridized carbons (Fsp3) is 0.200. The molecule has 0 spiro atoms. The molecule has 17 heavy (non-hydrogen) atoms. The molecule has 2 heteroatoms. The number of anilines is 1. The summed E-state index contributed by atoms with van der Waals surface area (Å²) in [5.74, 6) is 0. The number of rotatable bonds is 4. The summed E-state index contributed by atoms with van der Waals surface area (Å²) >= 11 is 0. The third kappa shape index (κ3) is 3.08. The van der Waals surface area contributed by atoms with Gasteiger partial charge >= 0.3 is 0 Å². The molecule has 0 saturated carbocycles. The Morgan fingerprint density at radius 1 is 1.00 bits per heavy atom. The lowest BCUT2D eigenvalue weighted by molar-refractivity contribution is 0.276. The predicted molar refractivity (Wildman–Crippen MR) is 71.1 cm³/mol. The van der Waals surface area contributed by atoms with E-state index in [-0.39, 0.29) is 12.6 Å². The van der Waals surface area contributed by atoms with E-state index in [1.807, 2.05) is 42.5 Å². The number of benzene rings is 2. The van der Waals surface area contributed by atoms with Gasteiger partial charge in [-0.2, -0.15) is 0 Å². The lowest BCUT2D eigenvalue weighted by atomic mass is 10.1. The first-order valence-electron chi connectivity index (χ1n) is 5.78. The van der Waals surface area contributed by atoms with Gasteiger partial charge in [-0.3, -0.25) is 0 Å². The van der Waals surface area contributed by atoms with Crippen LogP contribution in [0.25, 0.3) is 0 Å². The summed E-state index contributed by atoms with van der Waals surface area (Å²) in [6.07, 6.45) is 0. The number of nitrogens with one attached hydrogen (secondary N) is 1. The topological polar surface area (TPSA) is 32.3 Å². The quantitative estimate of drug-likeness (QED) is 0.841. The first kappa shape index (κ1) is 11.7. The summed E-state index contributed by atoms with van der Waals surface area (Å²) < 4.78 is 0. The first-order valence-corrected chi connectivity index (χ1v) is 5.78. The van der Waals surface area contributed by atoms with Gasteiger partial charge < -0.3 is 10.4 Å². The molecular weight excluding hydrogens is 210 g/mol. The maximum atomic E-state index is 9.43. The Kier molecular flexibility index (Phi) is 3.78. The maximum Gasteiger partial charge on any atom is 0.0745 e. The minimum Gasteiger partial charge on any atom is -0.394 e. The van der Waals surface area contributed by atoms with Crippen LogP contribution in [0.1, 0.15) is 17.2 Å². The molecule has 1 unspecified atom stereocenters. The smallest absolute Gasteiger partial charge is 0.0745 e. The average molecular weight is 227 g/mol. The van der Waals surface area contributed by atoms with Crippen molar-refractivity contribution in [2.24, 2.45) is 0 Å².